The van der Waals surface area contributed by atoms with Gasteiger partial charge in [-0.25, -0.2) is 0 Å². The van der Waals surface area contributed by atoms with Gasteiger partial charge in [0.1, 0.15) is 0 Å². The second kappa shape index (κ2) is 6.69. The van der Waals surface area contributed by atoms with Crippen molar-refractivity contribution in [3.63, 3.8) is 0 Å². The third-order valence-corrected chi connectivity index (χ3v) is 4.16. The Bertz CT molecular complexity index is 522. The minimum Gasteiger partial charge on any atom is -0.343 e. The first-order valence-electron chi connectivity index (χ1n) is 7.48. The number of piperidine rings is 1. The van der Waals surface area contributed by atoms with Gasteiger partial charge in [0.2, 0.25) is 5.91 Å². The lowest BCUT2D eigenvalue weighted by atomic mass is 9.95. The van der Waals surface area contributed by atoms with E-state index in [2.05, 4.69) is 0 Å². The van der Waals surface area contributed by atoms with Gasteiger partial charge in [-0.15, -0.1) is 0 Å². The van der Waals surface area contributed by atoms with E-state index in [0.29, 0.717) is 18.7 Å². The lowest BCUT2D eigenvalue weighted by Crippen LogP contribution is -2.43. The molecule has 1 aromatic carbocycles. The summed E-state index contributed by atoms with van der Waals surface area (Å²) in [4.78, 5) is 14.0. The summed E-state index contributed by atoms with van der Waals surface area (Å²) in [6, 6.07) is 5.34. The first-order valence-corrected chi connectivity index (χ1v) is 7.48. The molecule has 0 bridgehead atoms. The fraction of sp³-hybridized carbons (Fsp3) is 0.562. The van der Waals surface area contributed by atoms with Crippen LogP contribution in [0.3, 0.4) is 0 Å². The summed E-state index contributed by atoms with van der Waals surface area (Å²) >= 11 is 0. The summed E-state index contributed by atoms with van der Waals surface area (Å²) in [5, 5.41) is 0. The molecule has 1 fully saturated rings. The summed E-state index contributed by atoms with van der Waals surface area (Å²) in [5.41, 5.74) is 5.67. The summed E-state index contributed by atoms with van der Waals surface area (Å²) in [6.07, 6.45) is -2.58. The van der Waals surface area contributed by atoms with Gasteiger partial charge in [-0.2, -0.15) is 13.2 Å². The van der Waals surface area contributed by atoms with Crippen LogP contribution in [0, 0.1) is 0 Å². The predicted molar refractivity (Wildman–Crippen MR) is 78.3 cm³/mol. The van der Waals surface area contributed by atoms with E-state index in [9.17, 15) is 18.0 Å². The number of nitrogens with zero attached hydrogens (tertiary/aromatic N) is 1. The molecular weight excluding hydrogens is 293 g/mol. The van der Waals surface area contributed by atoms with Gasteiger partial charge in [-0.1, -0.05) is 25.1 Å². The summed E-state index contributed by atoms with van der Waals surface area (Å²) < 4.78 is 38.2. The van der Waals surface area contributed by atoms with E-state index in [-0.39, 0.29) is 24.3 Å². The number of nitrogens with two attached hydrogens (primary N) is 1. The Kier molecular flexibility index (Phi) is 5.11. The molecule has 2 rings (SSSR count). The fourth-order valence-corrected chi connectivity index (χ4v) is 2.68. The highest BCUT2D eigenvalue weighted by Gasteiger charge is 2.31. The van der Waals surface area contributed by atoms with Crippen molar-refractivity contribution < 1.29 is 18.0 Å². The lowest BCUT2D eigenvalue weighted by molar-refractivity contribution is -0.137. The van der Waals surface area contributed by atoms with Gasteiger partial charge in [0, 0.05) is 25.6 Å². The third-order valence-electron chi connectivity index (χ3n) is 4.16. The van der Waals surface area contributed by atoms with Crippen molar-refractivity contribution in [1.82, 2.24) is 4.90 Å². The highest BCUT2D eigenvalue weighted by Crippen LogP contribution is 2.32. The number of hydrogen-bond donors (Lipinski definition) is 1. The van der Waals surface area contributed by atoms with Crippen LogP contribution >= 0.6 is 0 Å². The average Bonchev–Trinajstić information content (AvgIpc) is 2.47. The highest BCUT2D eigenvalue weighted by molar-refractivity contribution is 5.77. The van der Waals surface area contributed by atoms with E-state index in [1.165, 1.54) is 6.07 Å². The van der Waals surface area contributed by atoms with Crippen LogP contribution in [0.1, 0.15) is 43.2 Å². The number of likely N-dealkylation sites (tertiary alicyclic amines) is 1. The molecule has 1 aliphatic heterocycles. The van der Waals surface area contributed by atoms with Crippen LogP contribution in [-0.4, -0.2) is 29.9 Å². The third kappa shape index (κ3) is 4.22. The topological polar surface area (TPSA) is 46.3 Å². The molecule has 22 heavy (non-hydrogen) atoms. The Morgan fingerprint density at radius 2 is 2.00 bits per heavy atom. The number of benzene rings is 1. The normalized spacial score (nSPS) is 18.3. The molecule has 1 amide bonds. The van der Waals surface area contributed by atoms with Crippen LogP contribution in [-0.2, 0) is 11.0 Å². The number of alkyl halides is 3. The van der Waals surface area contributed by atoms with Crippen LogP contribution in [0.5, 0.6) is 0 Å². The Hall–Kier alpha value is -1.56. The molecule has 0 saturated carbocycles. The molecule has 1 heterocycles. The maximum Gasteiger partial charge on any atom is 0.416 e. The number of carbonyl (C=O) groups is 1. The lowest BCUT2D eigenvalue weighted by Gasteiger charge is -2.31. The van der Waals surface area contributed by atoms with Crippen molar-refractivity contribution in [1.29, 1.82) is 0 Å². The number of rotatable bonds is 3. The van der Waals surface area contributed by atoms with E-state index in [1.807, 2.05) is 0 Å². The molecule has 1 aliphatic rings. The van der Waals surface area contributed by atoms with Gasteiger partial charge >= 0.3 is 6.18 Å². The van der Waals surface area contributed by atoms with Gasteiger partial charge in [-0.3, -0.25) is 4.79 Å². The van der Waals surface area contributed by atoms with Crippen molar-refractivity contribution in [2.45, 2.75) is 44.3 Å². The quantitative estimate of drug-likeness (QED) is 0.931. The van der Waals surface area contributed by atoms with E-state index < -0.39 is 11.7 Å². The predicted octanol–water partition coefficient (Wildman–Crippen LogP) is 3.15. The monoisotopic (exact) mass is 314 g/mol. The minimum absolute atomic E-state index is 0.0168. The van der Waals surface area contributed by atoms with Gasteiger partial charge < -0.3 is 10.6 Å². The van der Waals surface area contributed by atoms with Crippen LogP contribution in [0.15, 0.2) is 24.3 Å². The zero-order valence-electron chi connectivity index (χ0n) is 12.6. The first kappa shape index (κ1) is 16.8. The average molecular weight is 314 g/mol. The van der Waals surface area contributed by atoms with E-state index >= 15 is 0 Å². The first-order chi connectivity index (χ1) is 10.3. The smallest absolute Gasteiger partial charge is 0.343 e. The molecule has 2 N–H and O–H groups in total. The Morgan fingerprint density at radius 1 is 1.36 bits per heavy atom. The Balaban J connectivity index is 2.00. The van der Waals surface area contributed by atoms with Gasteiger partial charge in [-0.05, 0) is 30.4 Å². The van der Waals surface area contributed by atoms with Crippen LogP contribution < -0.4 is 5.73 Å². The SMILES string of the molecule is CC(CC(=O)N1CCC(N)CC1)c1cccc(C(F)(F)F)c1. The maximum absolute atomic E-state index is 12.7. The zero-order chi connectivity index (χ0) is 16.3. The van der Waals surface area contributed by atoms with Gasteiger partial charge in [0.25, 0.3) is 0 Å². The van der Waals surface area contributed by atoms with E-state index in [1.54, 1.807) is 17.9 Å². The van der Waals surface area contributed by atoms with Crippen LogP contribution in [0.25, 0.3) is 0 Å². The fourth-order valence-electron chi connectivity index (χ4n) is 2.68. The summed E-state index contributed by atoms with van der Waals surface area (Å²) in [6.45, 7) is 3.05. The van der Waals surface area contributed by atoms with Crippen molar-refractivity contribution in [3.8, 4) is 0 Å². The van der Waals surface area contributed by atoms with Gasteiger partial charge in [0.05, 0.1) is 5.56 Å². The van der Waals surface area contributed by atoms with Crippen molar-refractivity contribution in [3.05, 3.63) is 35.4 Å². The summed E-state index contributed by atoms with van der Waals surface area (Å²) in [7, 11) is 0. The number of carbonyl (C=O) groups excluding carboxylic acids is 1. The van der Waals surface area contributed by atoms with E-state index in [4.69, 9.17) is 5.73 Å². The second-order valence-corrected chi connectivity index (χ2v) is 5.95. The number of hydrogen-bond acceptors (Lipinski definition) is 2. The van der Waals surface area contributed by atoms with E-state index in [0.717, 1.165) is 25.0 Å². The molecule has 0 radical (unpaired) electrons. The molecular formula is C16H21F3N2O. The maximum atomic E-state index is 12.7. The van der Waals surface area contributed by atoms with Crippen LogP contribution in [0.2, 0.25) is 0 Å². The second-order valence-electron chi connectivity index (χ2n) is 5.95. The Labute approximate surface area is 128 Å². The van der Waals surface area contributed by atoms with Crippen LogP contribution in [0.4, 0.5) is 13.2 Å². The number of halogens is 3. The van der Waals surface area contributed by atoms with Gasteiger partial charge in [0.15, 0.2) is 0 Å². The van der Waals surface area contributed by atoms with Crippen molar-refractivity contribution in [2.75, 3.05) is 13.1 Å². The molecule has 1 unspecified atom stereocenters. The molecule has 0 spiro atoms. The number of amides is 1. The van der Waals surface area contributed by atoms with Crippen molar-refractivity contribution >= 4 is 5.91 Å². The summed E-state index contributed by atoms with van der Waals surface area (Å²) in [5.74, 6) is -0.262. The van der Waals surface area contributed by atoms with Crippen molar-refractivity contribution in [2.24, 2.45) is 5.73 Å². The molecule has 6 heteroatoms. The standard InChI is InChI=1S/C16H21F3N2O/c1-11(9-15(22)21-7-5-14(20)6-8-21)12-3-2-4-13(10-12)16(17,18)19/h2-4,10-11,14H,5-9,20H2,1H3. The molecule has 1 atom stereocenters. The Morgan fingerprint density at radius 3 is 2.59 bits per heavy atom. The molecule has 1 aromatic rings. The molecule has 1 saturated heterocycles. The molecule has 122 valence electrons. The molecule has 0 aromatic heterocycles. The zero-order valence-corrected chi connectivity index (χ0v) is 12.6. The molecule has 0 aliphatic carbocycles. The minimum atomic E-state index is -4.36. The molecule has 3 nitrogen and oxygen atoms in total. The highest BCUT2D eigenvalue weighted by atomic mass is 19.4. The largest absolute Gasteiger partial charge is 0.416 e.